The number of benzene rings is 5. The van der Waals surface area contributed by atoms with Gasteiger partial charge in [0.15, 0.2) is 0 Å². The van der Waals surface area contributed by atoms with Crippen molar-refractivity contribution in [3.05, 3.63) is 114 Å². The molecule has 0 N–H and O–H groups in total. The lowest BCUT2D eigenvalue weighted by Gasteiger charge is -2.10. The molecule has 2 nitrogen and oxygen atoms in total. The van der Waals surface area contributed by atoms with Gasteiger partial charge in [-0.3, -0.25) is 0 Å². The van der Waals surface area contributed by atoms with Crippen molar-refractivity contribution < 1.29 is 29.1 Å². The van der Waals surface area contributed by atoms with E-state index in [9.17, 15) is 0 Å². The van der Waals surface area contributed by atoms with Gasteiger partial charge in [0.2, 0.25) is 0 Å². The number of halogens is 1. The molecule has 156 valence electrons. The first-order valence-corrected chi connectivity index (χ1v) is 9.90. The number of furan rings is 1. The van der Waals surface area contributed by atoms with Crippen LogP contribution in [-0.2, 0) is 0 Å². The van der Waals surface area contributed by atoms with E-state index in [4.69, 9.17) is 40.7 Å². The van der Waals surface area contributed by atoms with Crippen LogP contribution in [0.1, 0.15) is 24.7 Å². The molecule has 7 aromatic rings. The molecule has 33 heavy (non-hydrogen) atoms. The van der Waals surface area contributed by atoms with Crippen molar-refractivity contribution in [2.75, 3.05) is 0 Å². The molecule has 2 heterocycles. The Morgan fingerprint density at radius 3 is 1.91 bits per heavy atom. The third-order valence-corrected chi connectivity index (χ3v) is 5.48. The molecule has 0 saturated carbocycles. The summed E-state index contributed by atoms with van der Waals surface area (Å²) in [4.78, 5) is 0. The fraction of sp³-hybridized carbons (Fsp3) is 0. The van der Waals surface area contributed by atoms with E-state index in [0.717, 1.165) is 4.57 Å². The van der Waals surface area contributed by atoms with Gasteiger partial charge in [0.1, 0.15) is 11.2 Å². The first-order valence-electron chi connectivity index (χ1n) is 18.5. The van der Waals surface area contributed by atoms with Gasteiger partial charge in [-0.05, 0) is 47.9 Å². The zero-order valence-electron chi connectivity index (χ0n) is 34.2. The fourth-order valence-electron chi connectivity index (χ4n) is 3.81. The van der Waals surface area contributed by atoms with Gasteiger partial charge < -0.3 is 8.98 Å². The minimum Gasteiger partial charge on any atom is -0.455 e. The summed E-state index contributed by atoms with van der Waals surface area (Å²) in [7, 11) is 0. The van der Waals surface area contributed by atoms with E-state index < -0.39 is 153 Å². The van der Waals surface area contributed by atoms with Gasteiger partial charge in [-0.15, -0.1) is 0 Å². The number of para-hydroxylation sites is 3. The average molecular weight is 462 g/mol. The minimum atomic E-state index is -0.865. The molecule has 3 heteroatoms. The average Bonchev–Trinajstić information content (AvgIpc) is 3.67. The predicted molar refractivity (Wildman–Crippen MR) is 139 cm³/mol. The summed E-state index contributed by atoms with van der Waals surface area (Å²) >= 11 is 6.57. The highest BCUT2D eigenvalue weighted by Gasteiger charge is 2.16. The van der Waals surface area contributed by atoms with Gasteiger partial charge in [-0.25, -0.2) is 0 Å². The lowest BCUT2D eigenvalue weighted by molar-refractivity contribution is 0.670. The highest BCUT2D eigenvalue weighted by atomic mass is 35.5. The lowest BCUT2D eigenvalue weighted by Crippen LogP contribution is -1.93. The molecule has 0 aliphatic rings. The molecule has 0 amide bonds. The summed E-state index contributed by atoms with van der Waals surface area (Å²) < 4.78 is 161. The van der Waals surface area contributed by atoms with Crippen molar-refractivity contribution >= 4 is 55.3 Å². The molecule has 0 aliphatic heterocycles. The lowest BCUT2D eigenvalue weighted by atomic mass is 10.0. The van der Waals surface area contributed by atoms with Crippen molar-refractivity contribution in [3.63, 3.8) is 0 Å². The van der Waals surface area contributed by atoms with Gasteiger partial charge in [0.05, 0.1) is 40.7 Å². The number of hydrogen-bond donors (Lipinski definition) is 0. The molecular formula is C30H18ClNO. The Bertz CT molecular complexity index is 2700. The largest absolute Gasteiger partial charge is 0.455 e. The van der Waals surface area contributed by atoms with Crippen LogP contribution in [-0.4, -0.2) is 4.57 Å². The summed E-state index contributed by atoms with van der Waals surface area (Å²) in [6.07, 6.45) is 0. The second-order valence-corrected chi connectivity index (χ2v) is 7.33. The smallest absolute Gasteiger partial charge is 0.144 e. The van der Waals surface area contributed by atoms with Gasteiger partial charge in [-0.1, -0.05) is 78.1 Å². The van der Waals surface area contributed by atoms with E-state index in [1.54, 1.807) is 0 Å². The molecule has 0 aliphatic carbocycles. The first kappa shape index (κ1) is 8.09. The Balaban J connectivity index is 1.70. The summed E-state index contributed by atoms with van der Waals surface area (Å²) in [5.74, 6) is 0. The summed E-state index contributed by atoms with van der Waals surface area (Å²) in [6.45, 7) is 0. The highest BCUT2D eigenvalue weighted by Crippen LogP contribution is 2.40. The van der Waals surface area contributed by atoms with Crippen LogP contribution in [0.25, 0.3) is 60.6 Å². The van der Waals surface area contributed by atoms with Crippen molar-refractivity contribution in [3.8, 4) is 16.8 Å². The van der Waals surface area contributed by atoms with Crippen LogP contribution in [0.5, 0.6) is 0 Å². The molecule has 2 aromatic heterocycles. The predicted octanol–water partition coefficient (Wildman–Crippen LogP) is 9.00. The van der Waals surface area contributed by atoms with Crippen molar-refractivity contribution in [2.24, 2.45) is 0 Å². The maximum absolute atomic E-state index is 9.13. The van der Waals surface area contributed by atoms with Crippen LogP contribution >= 0.6 is 11.6 Å². The Morgan fingerprint density at radius 2 is 1.21 bits per heavy atom. The van der Waals surface area contributed by atoms with E-state index in [1.165, 1.54) is 0 Å². The molecule has 7 rings (SSSR count). The Hall–Kier alpha value is -4.01. The number of hydrogen-bond acceptors (Lipinski definition) is 1. The quantitative estimate of drug-likeness (QED) is 0.251. The Morgan fingerprint density at radius 1 is 0.606 bits per heavy atom. The van der Waals surface area contributed by atoms with Crippen LogP contribution in [0.2, 0.25) is 5.02 Å². The van der Waals surface area contributed by atoms with Crippen molar-refractivity contribution in [1.29, 1.82) is 0 Å². The number of nitrogens with zero attached hydrogens (tertiary/aromatic N) is 1. The zero-order chi connectivity index (χ0) is 37.6. The van der Waals surface area contributed by atoms with E-state index in [0.29, 0.717) is 0 Å². The third kappa shape index (κ3) is 2.68. The van der Waals surface area contributed by atoms with Crippen LogP contribution in [0, 0.1) is 0 Å². The van der Waals surface area contributed by atoms with E-state index in [2.05, 4.69) is 0 Å². The molecule has 0 atom stereocenters. The van der Waals surface area contributed by atoms with Crippen LogP contribution in [0.4, 0.5) is 0 Å². The topological polar surface area (TPSA) is 18.1 Å². The van der Waals surface area contributed by atoms with Gasteiger partial charge in [-0.2, -0.15) is 0 Å². The maximum Gasteiger partial charge on any atom is 0.144 e. The van der Waals surface area contributed by atoms with Crippen molar-refractivity contribution in [1.82, 2.24) is 4.57 Å². The number of fused-ring (bicyclic) bond motifs is 6. The minimum absolute atomic E-state index is 0.271. The second kappa shape index (κ2) is 6.99. The van der Waals surface area contributed by atoms with Gasteiger partial charge in [0.25, 0.3) is 0 Å². The van der Waals surface area contributed by atoms with E-state index in [1.807, 2.05) is 0 Å². The fourth-order valence-corrected chi connectivity index (χ4v) is 4.03. The van der Waals surface area contributed by atoms with Crippen molar-refractivity contribution in [2.45, 2.75) is 0 Å². The molecular weight excluding hydrogens is 426 g/mol. The van der Waals surface area contributed by atoms with Crippen LogP contribution < -0.4 is 0 Å². The van der Waals surface area contributed by atoms with Crippen LogP contribution in [0.3, 0.4) is 0 Å². The normalized spacial score (nSPS) is 19.4. The molecule has 0 spiro atoms. The molecule has 0 unspecified atom stereocenters. The highest BCUT2D eigenvalue weighted by molar-refractivity contribution is 6.35. The Kier molecular flexibility index (Phi) is 1.71. The molecule has 0 saturated heterocycles. The summed E-state index contributed by atoms with van der Waals surface area (Å²) in [5, 5.41) is -1.82. The Labute approximate surface area is 220 Å². The molecule has 0 fully saturated rings. The first-order chi connectivity index (χ1) is 23.8. The number of aromatic nitrogens is 1. The maximum atomic E-state index is 9.13. The molecule has 0 radical (unpaired) electrons. The summed E-state index contributed by atoms with van der Waals surface area (Å²) in [5.41, 5.74) is -3.37. The monoisotopic (exact) mass is 461 g/mol. The van der Waals surface area contributed by atoms with Gasteiger partial charge >= 0.3 is 0 Å². The summed E-state index contributed by atoms with van der Waals surface area (Å²) in [6, 6.07) is -13.0. The zero-order valence-corrected chi connectivity index (χ0v) is 17.0. The molecule has 0 bridgehead atoms. The second-order valence-electron chi connectivity index (χ2n) is 6.96. The standard InChI is InChI=1S/C30H18ClNO/c31-25-18-17-24-23-9-3-6-12-28(23)33-30(24)29(25)19-13-15-20(16-14-19)32-26-10-4-1-7-21(26)22-8-2-5-11-27(22)32/h1-18H/i1D,2D,3D,4D,5D,6D,7D,8D,9D,10D,11D,12D,13D,14D,15D,16D,17D,18D. The third-order valence-electron chi connectivity index (χ3n) is 5.20. The van der Waals surface area contributed by atoms with E-state index >= 15 is 0 Å². The van der Waals surface area contributed by atoms with Crippen LogP contribution in [0.15, 0.2) is 113 Å². The molecule has 5 aromatic carbocycles. The van der Waals surface area contributed by atoms with E-state index in [-0.39, 0.29) is 21.5 Å². The van der Waals surface area contributed by atoms with Gasteiger partial charge in [0, 0.05) is 32.8 Å². The number of rotatable bonds is 2. The SMILES string of the molecule is [2H]c1c([2H])c(-n2c3c([2H])c([2H])c([2H])c([2H])c3c3c([2H])c([2H])c([2H])c([2H])c32)c([2H])c([2H])c1-c1c(Cl)c([2H])c([2H])c2c1oc1c([2H])c([2H])c([2H])c([2H])c12.